The van der Waals surface area contributed by atoms with Crippen molar-refractivity contribution in [3.05, 3.63) is 29.6 Å². The van der Waals surface area contributed by atoms with E-state index in [9.17, 15) is 9.59 Å². The van der Waals surface area contributed by atoms with E-state index < -0.39 is 0 Å². The Morgan fingerprint density at radius 3 is 2.73 bits per heavy atom. The van der Waals surface area contributed by atoms with Gasteiger partial charge in [-0.15, -0.1) is 0 Å². The summed E-state index contributed by atoms with van der Waals surface area (Å²) in [7, 11) is 0. The number of carbonyl (C=O) groups excluding carboxylic acids is 2. The highest BCUT2D eigenvalue weighted by Crippen LogP contribution is 2.00. The number of pyridine rings is 1. The number of carbonyl (C=O) groups is 2. The quantitative estimate of drug-likeness (QED) is 0.755. The van der Waals surface area contributed by atoms with Gasteiger partial charge in [0.2, 0.25) is 5.91 Å². The molecule has 1 amide bonds. The summed E-state index contributed by atoms with van der Waals surface area (Å²) in [5.41, 5.74) is 1.13. The lowest BCUT2D eigenvalue weighted by Gasteiger charge is -2.03. The maximum Gasteiger partial charge on any atom is 0.220 e. The predicted molar refractivity (Wildman–Crippen MR) is 56.4 cm³/mol. The molecule has 0 fully saturated rings. The minimum atomic E-state index is -0.0707. The van der Waals surface area contributed by atoms with Gasteiger partial charge in [0.05, 0.1) is 12.2 Å². The number of aromatic nitrogens is 1. The third-order valence-electron chi connectivity index (χ3n) is 1.96. The van der Waals surface area contributed by atoms with Crippen LogP contribution in [0.2, 0.25) is 0 Å². The van der Waals surface area contributed by atoms with E-state index in [1.807, 2.05) is 0 Å². The Morgan fingerprint density at radius 2 is 2.13 bits per heavy atom. The summed E-state index contributed by atoms with van der Waals surface area (Å²) in [6, 6.07) is 5.20. The summed E-state index contributed by atoms with van der Waals surface area (Å²) < 4.78 is 0. The number of nitrogens with one attached hydrogen (secondary N) is 1. The Balaban J connectivity index is 2.66. The summed E-state index contributed by atoms with van der Waals surface area (Å²) in [4.78, 5) is 26.2. The van der Waals surface area contributed by atoms with Crippen molar-refractivity contribution in [3.8, 4) is 0 Å². The van der Waals surface area contributed by atoms with Crippen LogP contribution in [0.3, 0.4) is 0 Å². The van der Waals surface area contributed by atoms with Crippen molar-refractivity contribution in [2.75, 3.05) is 0 Å². The van der Waals surface area contributed by atoms with E-state index in [0.717, 1.165) is 0 Å². The van der Waals surface area contributed by atoms with Gasteiger partial charge in [-0.25, -0.2) is 4.98 Å². The Labute approximate surface area is 88.7 Å². The van der Waals surface area contributed by atoms with Gasteiger partial charge in [-0.3, -0.25) is 9.59 Å². The van der Waals surface area contributed by atoms with Crippen LogP contribution in [0, 0.1) is 0 Å². The van der Waals surface area contributed by atoms with Gasteiger partial charge in [0.15, 0.2) is 5.78 Å². The number of amides is 1. The van der Waals surface area contributed by atoms with Gasteiger partial charge in [0.1, 0.15) is 5.69 Å². The average molecular weight is 206 g/mol. The zero-order valence-corrected chi connectivity index (χ0v) is 8.91. The van der Waals surface area contributed by atoms with Crippen molar-refractivity contribution in [1.29, 1.82) is 0 Å². The SMILES string of the molecule is CCC(=O)NCc1cccc(C(C)=O)n1. The first-order chi connectivity index (χ1) is 7.13. The number of Topliss-reactive ketones (excluding diaryl/α,β-unsaturated/α-hetero) is 1. The maximum atomic E-state index is 11.0. The molecule has 0 aliphatic rings. The van der Waals surface area contributed by atoms with Crippen LogP contribution in [0.4, 0.5) is 0 Å². The van der Waals surface area contributed by atoms with Gasteiger partial charge in [-0.05, 0) is 12.1 Å². The molecule has 1 aromatic rings. The molecule has 4 heteroatoms. The van der Waals surface area contributed by atoms with Crippen LogP contribution in [0.25, 0.3) is 0 Å². The molecule has 0 saturated heterocycles. The van der Waals surface area contributed by atoms with E-state index in [2.05, 4.69) is 10.3 Å². The number of hydrogen-bond donors (Lipinski definition) is 1. The first kappa shape index (κ1) is 11.4. The minimum absolute atomic E-state index is 0.0231. The van der Waals surface area contributed by atoms with Crippen molar-refractivity contribution in [1.82, 2.24) is 10.3 Å². The molecule has 15 heavy (non-hydrogen) atoms. The monoisotopic (exact) mass is 206 g/mol. The molecule has 0 radical (unpaired) electrons. The molecule has 0 bridgehead atoms. The molecule has 1 rings (SSSR count). The predicted octanol–water partition coefficient (Wildman–Crippen LogP) is 1.31. The zero-order chi connectivity index (χ0) is 11.3. The topological polar surface area (TPSA) is 59.1 Å². The summed E-state index contributed by atoms with van der Waals surface area (Å²) >= 11 is 0. The highest BCUT2D eigenvalue weighted by atomic mass is 16.1. The Hall–Kier alpha value is -1.71. The molecule has 0 spiro atoms. The fourth-order valence-corrected chi connectivity index (χ4v) is 1.09. The fraction of sp³-hybridized carbons (Fsp3) is 0.364. The van der Waals surface area contributed by atoms with Crippen molar-refractivity contribution in [3.63, 3.8) is 0 Å². The molecule has 0 atom stereocenters. The summed E-state index contributed by atoms with van der Waals surface area (Å²) in [5, 5.41) is 2.70. The van der Waals surface area contributed by atoms with Crippen molar-refractivity contribution >= 4 is 11.7 Å². The highest BCUT2D eigenvalue weighted by Gasteiger charge is 2.03. The standard InChI is InChI=1S/C11H14N2O2/c1-3-11(15)12-7-9-5-4-6-10(13-9)8(2)14/h4-6H,3,7H2,1-2H3,(H,12,15). The van der Waals surface area contributed by atoms with Gasteiger partial charge < -0.3 is 5.32 Å². The molecule has 0 aromatic carbocycles. The molecule has 1 aromatic heterocycles. The van der Waals surface area contributed by atoms with Crippen LogP contribution in [0.5, 0.6) is 0 Å². The van der Waals surface area contributed by atoms with E-state index in [-0.39, 0.29) is 11.7 Å². The molecule has 4 nitrogen and oxygen atoms in total. The van der Waals surface area contributed by atoms with Crippen molar-refractivity contribution in [2.24, 2.45) is 0 Å². The third kappa shape index (κ3) is 3.50. The maximum absolute atomic E-state index is 11.0. The van der Waals surface area contributed by atoms with Crippen molar-refractivity contribution < 1.29 is 9.59 Å². The molecule has 1 N–H and O–H groups in total. The second kappa shape index (κ2) is 5.24. The summed E-state index contributed by atoms with van der Waals surface area (Å²) in [6.07, 6.45) is 0.451. The lowest BCUT2D eigenvalue weighted by Crippen LogP contribution is -2.22. The molecule has 1 heterocycles. The van der Waals surface area contributed by atoms with Gasteiger partial charge in [-0.2, -0.15) is 0 Å². The highest BCUT2D eigenvalue weighted by molar-refractivity contribution is 5.92. The zero-order valence-electron chi connectivity index (χ0n) is 8.91. The Morgan fingerprint density at radius 1 is 1.40 bits per heavy atom. The normalized spacial score (nSPS) is 9.73. The van der Waals surface area contributed by atoms with Gasteiger partial charge in [-0.1, -0.05) is 13.0 Å². The van der Waals surface area contributed by atoms with Crippen LogP contribution < -0.4 is 5.32 Å². The van der Waals surface area contributed by atoms with E-state index in [1.165, 1.54) is 6.92 Å². The molecular formula is C11H14N2O2. The second-order valence-corrected chi connectivity index (χ2v) is 3.20. The molecular weight excluding hydrogens is 192 g/mol. The lowest BCUT2D eigenvalue weighted by molar-refractivity contribution is -0.120. The molecule has 0 aliphatic carbocycles. The fourth-order valence-electron chi connectivity index (χ4n) is 1.09. The van der Waals surface area contributed by atoms with E-state index in [0.29, 0.717) is 24.4 Å². The average Bonchev–Trinajstić information content (AvgIpc) is 2.26. The van der Waals surface area contributed by atoms with Gasteiger partial charge >= 0.3 is 0 Å². The van der Waals surface area contributed by atoms with Crippen LogP contribution in [0.1, 0.15) is 36.5 Å². The number of rotatable bonds is 4. The van der Waals surface area contributed by atoms with Gasteiger partial charge in [0.25, 0.3) is 0 Å². The first-order valence-electron chi connectivity index (χ1n) is 4.87. The Kier molecular flexibility index (Phi) is 3.97. The first-order valence-corrected chi connectivity index (χ1v) is 4.87. The second-order valence-electron chi connectivity index (χ2n) is 3.20. The molecule has 0 unspecified atom stereocenters. The largest absolute Gasteiger partial charge is 0.350 e. The molecule has 80 valence electrons. The van der Waals surface area contributed by atoms with E-state index in [1.54, 1.807) is 25.1 Å². The van der Waals surface area contributed by atoms with Crippen LogP contribution in [-0.2, 0) is 11.3 Å². The number of nitrogens with zero attached hydrogens (tertiary/aromatic N) is 1. The number of hydrogen-bond acceptors (Lipinski definition) is 3. The lowest BCUT2D eigenvalue weighted by atomic mass is 10.2. The van der Waals surface area contributed by atoms with Crippen LogP contribution in [0.15, 0.2) is 18.2 Å². The third-order valence-corrected chi connectivity index (χ3v) is 1.96. The van der Waals surface area contributed by atoms with Crippen molar-refractivity contribution in [2.45, 2.75) is 26.8 Å². The van der Waals surface area contributed by atoms with E-state index >= 15 is 0 Å². The minimum Gasteiger partial charge on any atom is -0.350 e. The molecule has 0 aliphatic heterocycles. The Bertz CT molecular complexity index is 375. The van der Waals surface area contributed by atoms with Gasteiger partial charge in [0, 0.05) is 13.3 Å². The smallest absolute Gasteiger partial charge is 0.220 e. The summed E-state index contributed by atoms with van der Waals surface area (Å²) in [5.74, 6) is -0.0938. The summed E-state index contributed by atoms with van der Waals surface area (Å²) in [6.45, 7) is 3.62. The number of ketones is 1. The molecule has 0 saturated carbocycles. The van der Waals surface area contributed by atoms with Crippen LogP contribution >= 0.6 is 0 Å². The van der Waals surface area contributed by atoms with Crippen LogP contribution in [-0.4, -0.2) is 16.7 Å². The van der Waals surface area contributed by atoms with E-state index in [4.69, 9.17) is 0 Å².